The standard InChI is InChI=1S/C19H20FNO3S/c1-14(22)16-4-2-6-19(13-16)25(23,24)21-11-3-5-18(21)12-15-7-9-17(20)10-8-15/h2,4,6-10,13,18H,3,5,11-12H2,1H3. The lowest BCUT2D eigenvalue weighted by Crippen LogP contribution is -2.36. The van der Waals surface area contributed by atoms with Gasteiger partial charge in [0.25, 0.3) is 0 Å². The predicted molar refractivity (Wildman–Crippen MR) is 93.5 cm³/mol. The maximum atomic E-state index is 13.1. The number of benzene rings is 2. The molecule has 4 nitrogen and oxygen atoms in total. The minimum Gasteiger partial charge on any atom is -0.295 e. The van der Waals surface area contributed by atoms with E-state index in [9.17, 15) is 17.6 Å². The van der Waals surface area contributed by atoms with Crippen molar-refractivity contribution in [2.45, 2.75) is 37.1 Å². The summed E-state index contributed by atoms with van der Waals surface area (Å²) in [5.74, 6) is -0.470. The summed E-state index contributed by atoms with van der Waals surface area (Å²) in [6.45, 7) is 1.87. The minimum absolute atomic E-state index is 0.145. The normalized spacial score (nSPS) is 18.4. The number of nitrogens with zero attached hydrogens (tertiary/aromatic N) is 1. The molecule has 1 aliphatic heterocycles. The van der Waals surface area contributed by atoms with E-state index >= 15 is 0 Å². The Hall–Kier alpha value is -2.05. The number of sulfonamides is 1. The van der Waals surface area contributed by atoms with Crippen LogP contribution in [0.25, 0.3) is 0 Å². The first-order valence-electron chi connectivity index (χ1n) is 8.25. The Kier molecular flexibility index (Phi) is 5.01. The van der Waals surface area contributed by atoms with Crippen LogP contribution in [0.5, 0.6) is 0 Å². The summed E-state index contributed by atoms with van der Waals surface area (Å²) < 4.78 is 40.6. The van der Waals surface area contributed by atoms with Crippen LogP contribution >= 0.6 is 0 Å². The van der Waals surface area contributed by atoms with Crippen molar-refractivity contribution in [3.8, 4) is 0 Å². The highest BCUT2D eigenvalue weighted by Crippen LogP contribution is 2.28. The monoisotopic (exact) mass is 361 g/mol. The summed E-state index contributed by atoms with van der Waals surface area (Å²) in [7, 11) is -3.67. The van der Waals surface area contributed by atoms with E-state index in [0.717, 1.165) is 18.4 Å². The van der Waals surface area contributed by atoms with Crippen LogP contribution in [0, 0.1) is 5.82 Å². The first-order chi connectivity index (χ1) is 11.9. The molecule has 6 heteroatoms. The van der Waals surface area contributed by atoms with Crippen molar-refractivity contribution < 1.29 is 17.6 Å². The lowest BCUT2D eigenvalue weighted by molar-refractivity contribution is 0.101. The quantitative estimate of drug-likeness (QED) is 0.767. The number of hydrogen-bond acceptors (Lipinski definition) is 3. The van der Waals surface area contributed by atoms with Crippen molar-refractivity contribution >= 4 is 15.8 Å². The first kappa shape index (κ1) is 17.8. The Bertz CT molecular complexity index is 878. The van der Waals surface area contributed by atoms with Gasteiger partial charge in [0.1, 0.15) is 5.82 Å². The maximum absolute atomic E-state index is 13.1. The van der Waals surface area contributed by atoms with Gasteiger partial charge in [-0.3, -0.25) is 4.79 Å². The van der Waals surface area contributed by atoms with Gasteiger partial charge in [0, 0.05) is 18.2 Å². The molecule has 0 aromatic heterocycles. The van der Waals surface area contributed by atoms with Crippen molar-refractivity contribution in [3.05, 3.63) is 65.5 Å². The lowest BCUT2D eigenvalue weighted by atomic mass is 10.0. The molecule has 0 saturated carbocycles. The van der Waals surface area contributed by atoms with E-state index in [0.29, 0.717) is 18.5 Å². The molecule has 1 fully saturated rings. The van der Waals surface area contributed by atoms with E-state index in [-0.39, 0.29) is 22.5 Å². The fraction of sp³-hybridized carbons (Fsp3) is 0.316. The highest BCUT2D eigenvalue weighted by atomic mass is 32.2. The highest BCUT2D eigenvalue weighted by molar-refractivity contribution is 7.89. The highest BCUT2D eigenvalue weighted by Gasteiger charge is 2.35. The van der Waals surface area contributed by atoms with Crippen molar-refractivity contribution in [1.82, 2.24) is 4.31 Å². The molecule has 1 unspecified atom stereocenters. The molecule has 2 aromatic carbocycles. The van der Waals surface area contributed by atoms with Gasteiger partial charge in [-0.1, -0.05) is 24.3 Å². The average molecular weight is 361 g/mol. The molecular formula is C19H20FNO3S. The van der Waals surface area contributed by atoms with E-state index in [1.54, 1.807) is 24.3 Å². The Labute approximate surface area is 147 Å². The number of carbonyl (C=O) groups is 1. The van der Waals surface area contributed by atoms with Crippen LogP contribution in [0.15, 0.2) is 53.4 Å². The largest absolute Gasteiger partial charge is 0.295 e. The third-order valence-corrected chi connectivity index (χ3v) is 6.50. The molecule has 1 saturated heterocycles. The fourth-order valence-corrected chi connectivity index (χ4v) is 4.97. The van der Waals surface area contributed by atoms with Gasteiger partial charge in [-0.25, -0.2) is 12.8 Å². The van der Waals surface area contributed by atoms with Crippen molar-refractivity contribution in [2.75, 3.05) is 6.54 Å². The van der Waals surface area contributed by atoms with E-state index in [4.69, 9.17) is 0 Å². The van der Waals surface area contributed by atoms with Gasteiger partial charge < -0.3 is 0 Å². The molecule has 25 heavy (non-hydrogen) atoms. The molecule has 0 radical (unpaired) electrons. The number of Topliss-reactive ketones (excluding diaryl/α,β-unsaturated/α-hetero) is 1. The summed E-state index contributed by atoms with van der Waals surface area (Å²) in [5.41, 5.74) is 1.29. The molecule has 0 N–H and O–H groups in total. The number of hydrogen-bond donors (Lipinski definition) is 0. The summed E-state index contributed by atoms with van der Waals surface area (Å²) >= 11 is 0. The zero-order valence-electron chi connectivity index (χ0n) is 14.0. The maximum Gasteiger partial charge on any atom is 0.243 e. The molecule has 1 aliphatic rings. The van der Waals surface area contributed by atoms with Crippen molar-refractivity contribution in [2.24, 2.45) is 0 Å². The number of rotatable bonds is 5. The molecule has 1 heterocycles. The Morgan fingerprint density at radius 1 is 1.20 bits per heavy atom. The molecule has 132 valence electrons. The van der Waals surface area contributed by atoms with Crippen LogP contribution in [-0.4, -0.2) is 31.1 Å². The third-order valence-electron chi connectivity index (χ3n) is 4.55. The van der Waals surface area contributed by atoms with Gasteiger partial charge in [-0.15, -0.1) is 0 Å². The molecule has 0 aliphatic carbocycles. The Morgan fingerprint density at radius 3 is 2.60 bits per heavy atom. The molecule has 0 spiro atoms. The number of halogens is 1. The average Bonchev–Trinajstić information content (AvgIpc) is 3.06. The van der Waals surface area contributed by atoms with Gasteiger partial charge in [0.05, 0.1) is 4.90 Å². The smallest absolute Gasteiger partial charge is 0.243 e. The van der Waals surface area contributed by atoms with E-state index < -0.39 is 10.0 Å². The van der Waals surface area contributed by atoms with Gasteiger partial charge in [0.2, 0.25) is 10.0 Å². The SMILES string of the molecule is CC(=O)c1cccc(S(=O)(=O)N2CCCC2Cc2ccc(F)cc2)c1. The van der Waals surface area contributed by atoms with Crippen LogP contribution in [0.4, 0.5) is 4.39 Å². The third kappa shape index (κ3) is 3.80. The van der Waals surface area contributed by atoms with E-state index in [1.165, 1.54) is 35.5 Å². The topological polar surface area (TPSA) is 54.5 Å². The summed E-state index contributed by atoms with van der Waals surface area (Å²) in [4.78, 5) is 11.7. The van der Waals surface area contributed by atoms with Crippen LogP contribution in [-0.2, 0) is 16.4 Å². The Balaban J connectivity index is 1.86. The summed E-state index contributed by atoms with van der Waals surface area (Å²) in [5, 5.41) is 0. The van der Waals surface area contributed by atoms with Gasteiger partial charge in [0.15, 0.2) is 5.78 Å². The molecule has 3 rings (SSSR count). The van der Waals surface area contributed by atoms with E-state index in [1.807, 2.05) is 0 Å². The molecule has 0 bridgehead atoms. The summed E-state index contributed by atoms with van der Waals surface area (Å²) in [6, 6.07) is 12.2. The second kappa shape index (κ2) is 7.06. The number of ketones is 1. The zero-order chi connectivity index (χ0) is 18.0. The zero-order valence-corrected chi connectivity index (χ0v) is 14.8. The van der Waals surface area contributed by atoms with Crippen LogP contribution in [0.2, 0.25) is 0 Å². The van der Waals surface area contributed by atoms with Gasteiger partial charge >= 0.3 is 0 Å². The molecular weight excluding hydrogens is 341 g/mol. The molecule has 2 aromatic rings. The second-order valence-corrected chi connectivity index (χ2v) is 8.22. The van der Waals surface area contributed by atoms with E-state index in [2.05, 4.69) is 0 Å². The van der Waals surface area contributed by atoms with Gasteiger partial charge in [-0.2, -0.15) is 4.31 Å². The Morgan fingerprint density at radius 2 is 1.92 bits per heavy atom. The number of carbonyl (C=O) groups excluding carboxylic acids is 1. The van der Waals surface area contributed by atoms with Crippen LogP contribution in [0.3, 0.4) is 0 Å². The lowest BCUT2D eigenvalue weighted by Gasteiger charge is -2.24. The molecule has 0 amide bonds. The van der Waals surface area contributed by atoms with Crippen molar-refractivity contribution in [3.63, 3.8) is 0 Å². The second-order valence-electron chi connectivity index (χ2n) is 6.33. The fourth-order valence-electron chi connectivity index (χ4n) is 3.23. The minimum atomic E-state index is -3.67. The first-order valence-corrected chi connectivity index (χ1v) is 9.69. The van der Waals surface area contributed by atoms with Crippen LogP contribution < -0.4 is 0 Å². The van der Waals surface area contributed by atoms with Crippen LogP contribution in [0.1, 0.15) is 35.7 Å². The van der Waals surface area contributed by atoms with Gasteiger partial charge in [-0.05, 0) is 56.0 Å². The van der Waals surface area contributed by atoms with Crippen molar-refractivity contribution in [1.29, 1.82) is 0 Å². The predicted octanol–water partition coefficient (Wildman–Crippen LogP) is 3.42. The summed E-state index contributed by atoms with van der Waals surface area (Å²) in [6.07, 6.45) is 2.10. The molecule has 1 atom stereocenters.